The van der Waals surface area contributed by atoms with E-state index in [1.807, 2.05) is 16.2 Å². The third-order valence-corrected chi connectivity index (χ3v) is 5.83. The first-order valence-electron chi connectivity index (χ1n) is 7.23. The van der Waals surface area contributed by atoms with E-state index in [0.29, 0.717) is 5.92 Å². The summed E-state index contributed by atoms with van der Waals surface area (Å²) in [6.45, 7) is 8.05. The van der Waals surface area contributed by atoms with Gasteiger partial charge < -0.3 is 4.90 Å². The lowest BCUT2D eigenvalue weighted by Gasteiger charge is -2.31. The van der Waals surface area contributed by atoms with Crippen molar-refractivity contribution in [2.45, 2.75) is 57.8 Å². The van der Waals surface area contributed by atoms with E-state index in [-0.39, 0.29) is 11.3 Å². The van der Waals surface area contributed by atoms with E-state index in [9.17, 15) is 4.79 Å². The first-order valence-corrected chi connectivity index (χ1v) is 8.04. The Bertz CT molecular complexity index is 506. The summed E-state index contributed by atoms with van der Waals surface area (Å²) in [5.41, 5.74) is 1.58. The van der Waals surface area contributed by atoms with E-state index in [2.05, 4.69) is 13.8 Å². The van der Waals surface area contributed by atoms with E-state index >= 15 is 0 Å². The quantitative estimate of drug-likeness (QED) is 0.791. The Hall–Kier alpha value is -0.900. The van der Waals surface area contributed by atoms with Crippen molar-refractivity contribution in [3.05, 3.63) is 15.6 Å². The monoisotopic (exact) mass is 278 g/mol. The highest BCUT2D eigenvalue weighted by Crippen LogP contribution is 2.43. The minimum Gasteiger partial charge on any atom is -0.342 e. The number of fused-ring (bicyclic) bond motifs is 1. The predicted molar refractivity (Wildman–Crippen MR) is 77.7 cm³/mol. The molecule has 19 heavy (non-hydrogen) atoms. The zero-order valence-corrected chi connectivity index (χ0v) is 12.8. The maximum absolute atomic E-state index is 11.5. The molecule has 2 aliphatic rings. The number of likely N-dealkylation sites (tertiary alicyclic amines) is 1. The molecule has 1 unspecified atom stereocenters. The number of hydrogen-bond acceptors (Lipinski definition) is 3. The van der Waals surface area contributed by atoms with Gasteiger partial charge in [-0.1, -0.05) is 13.8 Å². The molecule has 3 rings (SSSR count). The second kappa shape index (κ2) is 4.58. The average Bonchev–Trinajstić information content (AvgIpc) is 2.91. The normalized spacial score (nSPS) is 25.4. The van der Waals surface area contributed by atoms with Crippen molar-refractivity contribution in [2.24, 2.45) is 0 Å². The molecule has 1 amide bonds. The van der Waals surface area contributed by atoms with Crippen LogP contribution < -0.4 is 0 Å². The molecule has 1 saturated heterocycles. The number of nitrogens with zero attached hydrogens (tertiary/aromatic N) is 2. The van der Waals surface area contributed by atoms with E-state index in [1.165, 1.54) is 34.8 Å². The highest BCUT2D eigenvalue weighted by atomic mass is 32.1. The van der Waals surface area contributed by atoms with Crippen LogP contribution in [0.15, 0.2) is 0 Å². The van der Waals surface area contributed by atoms with E-state index in [4.69, 9.17) is 4.98 Å². The van der Waals surface area contributed by atoms with Gasteiger partial charge in [-0.05, 0) is 25.7 Å². The molecular weight excluding hydrogens is 256 g/mol. The molecule has 0 N–H and O–H groups in total. The number of thiazole rings is 1. The SMILES string of the molecule is CC(=O)N1CCCC(c2nc3c(s2)CCC3(C)C)C1. The number of hydrogen-bond donors (Lipinski definition) is 0. The molecule has 104 valence electrons. The van der Waals surface area contributed by atoms with Crippen LogP contribution >= 0.6 is 11.3 Å². The van der Waals surface area contributed by atoms with Crippen LogP contribution in [0.25, 0.3) is 0 Å². The predicted octanol–water partition coefficient (Wildman–Crippen LogP) is 3.09. The van der Waals surface area contributed by atoms with Crippen molar-refractivity contribution in [3.8, 4) is 0 Å². The molecule has 1 aliphatic carbocycles. The number of aryl methyl sites for hydroxylation is 1. The molecule has 0 spiro atoms. The average molecular weight is 278 g/mol. The minimum atomic E-state index is 0.203. The van der Waals surface area contributed by atoms with Gasteiger partial charge in [0.2, 0.25) is 5.91 Å². The smallest absolute Gasteiger partial charge is 0.219 e. The number of rotatable bonds is 1. The highest BCUT2D eigenvalue weighted by Gasteiger charge is 2.35. The first kappa shape index (κ1) is 13.1. The van der Waals surface area contributed by atoms with Crippen molar-refractivity contribution < 1.29 is 4.79 Å². The van der Waals surface area contributed by atoms with Crippen molar-refractivity contribution in [3.63, 3.8) is 0 Å². The summed E-state index contributed by atoms with van der Waals surface area (Å²) in [6.07, 6.45) is 4.70. The van der Waals surface area contributed by atoms with Gasteiger partial charge in [0.25, 0.3) is 0 Å². The van der Waals surface area contributed by atoms with Crippen LogP contribution in [0.4, 0.5) is 0 Å². The minimum absolute atomic E-state index is 0.203. The Morgan fingerprint density at radius 3 is 2.95 bits per heavy atom. The van der Waals surface area contributed by atoms with Crippen LogP contribution in [-0.4, -0.2) is 28.9 Å². The molecule has 0 radical (unpaired) electrons. The largest absolute Gasteiger partial charge is 0.342 e. The summed E-state index contributed by atoms with van der Waals surface area (Å²) in [7, 11) is 0. The zero-order valence-electron chi connectivity index (χ0n) is 12.0. The van der Waals surface area contributed by atoms with Crippen LogP contribution in [0.2, 0.25) is 0 Å². The Kier molecular flexibility index (Phi) is 3.16. The fraction of sp³-hybridized carbons (Fsp3) is 0.733. The van der Waals surface area contributed by atoms with Gasteiger partial charge in [0.1, 0.15) is 0 Å². The molecule has 1 aromatic heterocycles. The van der Waals surface area contributed by atoms with Gasteiger partial charge in [-0.15, -0.1) is 11.3 Å². The van der Waals surface area contributed by atoms with E-state index < -0.39 is 0 Å². The lowest BCUT2D eigenvalue weighted by Crippen LogP contribution is -2.37. The van der Waals surface area contributed by atoms with Crippen molar-refractivity contribution >= 4 is 17.2 Å². The third-order valence-electron chi connectivity index (χ3n) is 4.55. The maximum Gasteiger partial charge on any atom is 0.219 e. The molecule has 2 heterocycles. The fourth-order valence-electron chi connectivity index (χ4n) is 3.25. The Balaban J connectivity index is 1.82. The van der Waals surface area contributed by atoms with Crippen molar-refractivity contribution in [1.82, 2.24) is 9.88 Å². The van der Waals surface area contributed by atoms with Gasteiger partial charge in [-0.3, -0.25) is 4.79 Å². The van der Waals surface area contributed by atoms with Gasteiger partial charge in [0.15, 0.2) is 0 Å². The Morgan fingerprint density at radius 1 is 1.47 bits per heavy atom. The summed E-state index contributed by atoms with van der Waals surface area (Å²) in [4.78, 5) is 19.9. The maximum atomic E-state index is 11.5. The molecule has 1 aromatic rings. The molecule has 0 aromatic carbocycles. The highest BCUT2D eigenvalue weighted by molar-refractivity contribution is 7.11. The van der Waals surface area contributed by atoms with Gasteiger partial charge >= 0.3 is 0 Å². The lowest BCUT2D eigenvalue weighted by atomic mass is 9.91. The molecule has 0 saturated carbocycles. The number of carbonyl (C=O) groups excluding carboxylic acids is 1. The van der Waals surface area contributed by atoms with Crippen LogP contribution in [0, 0.1) is 0 Å². The molecule has 1 atom stereocenters. The second-order valence-corrected chi connectivity index (χ2v) is 7.63. The second-order valence-electron chi connectivity index (χ2n) is 6.51. The molecule has 1 aliphatic heterocycles. The summed E-state index contributed by atoms with van der Waals surface area (Å²) < 4.78 is 0. The topological polar surface area (TPSA) is 33.2 Å². The lowest BCUT2D eigenvalue weighted by molar-refractivity contribution is -0.130. The third kappa shape index (κ3) is 2.31. The molecule has 0 bridgehead atoms. The molecule has 4 heteroatoms. The van der Waals surface area contributed by atoms with Gasteiger partial charge in [0.05, 0.1) is 10.7 Å². The standard InChI is InChI=1S/C15H22N2OS/c1-10(18)17-8-4-5-11(9-17)14-16-13-12(19-14)6-7-15(13,2)3/h11H,4-9H2,1-3H3. The fourth-order valence-corrected chi connectivity index (χ4v) is 4.62. The first-order chi connectivity index (χ1) is 8.97. The van der Waals surface area contributed by atoms with E-state index in [0.717, 1.165) is 19.5 Å². The van der Waals surface area contributed by atoms with Gasteiger partial charge in [0, 0.05) is 36.2 Å². The van der Waals surface area contributed by atoms with Gasteiger partial charge in [-0.2, -0.15) is 0 Å². The van der Waals surface area contributed by atoms with Crippen molar-refractivity contribution in [2.75, 3.05) is 13.1 Å². The Labute approximate surface area is 119 Å². The summed E-state index contributed by atoms with van der Waals surface area (Å²) in [6, 6.07) is 0. The van der Waals surface area contributed by atoms with Crippen LogP contribution in [0.1, 0.15) is 61.5 Å². The van der Waals surface area contributed by atoms with Crippen LogP contribution in [-0.2, 0) is 16.6 Å². The molecular formula is C15H22N2OS. The summed E-state index contributed by atoms with van der Waals surface area (Å²) in [5.74, 6) is 0.665. The van der Waals surface area contributed by atoms with E-state index in [1.54, 1.807) is 6.92 Å². The zero-order chi connectivity index (χ0) is 13.6. The summed E-state index contributed by atoms with van der Waals surface area (Å²) >= 11 is 1.90. The molecule has 1 fully saturated rings. The molecule has 3 nitrogen and oxygen atoms in total. The van der Waals surface area contributed by atoms with Crippen LogP contribution in [0.3, 0.4) is 0 Å². The number of piperidine rings is 1. The number of carbonyl (C=O) groups is 1. The number of amides is 1. The number of aromatic nitrogens is 1. The van der Waals surface area contributed by atoms with Crippen LogP contribution in [0.5, 0.6) is 0 Å². The van der Waals surface area contributed by atoms with Crippen molar-refractivity contribution in [1.29, 1.82) is 0 Å². The Morgan fingerprint density at radius 2 is 2.26 bits per heavy atom. The summed E-state index contributed by atoms with van der Waals surface area (Å²) in [5, 5.41) is 1.27. The van der Waals surface area contributed by atoms with Gasteiger partial charge in [-0.25, -0.2) is 4.98 Å².